The number of rotatable bonds is 4. The highest BCUT2D eigenvalue weighted by molar-refractivity contribution is 5.68. The van der Waals surface area contributed by atoms with Crippen molar-refractivity contribution in [2.24, 2.45) is 0 Å². The van der Waals surface area contributed by atoms with E-state index in [0.29, 0.717) is 6.10 Å². The standard InChI is InChI=1S/C10H19NO3/c1-11-10(7-9(12)13)5-3-8(14-2)4-6-10/h8,11H,3-7H2,1-2H3,(H,12,13). The van der Waals surface area contributed by atoms with Gasteiger partial charge in [0, 0.05) is 12.6 Å². The maximum Gasteiger partial charge on any atom is 0.305 e. The van der Waals surface area contributed by atoms with E-state index in [2.05, 4.69) is 5.32 Å². The Morgan fingerprint density at radius 3 is 2.50 bits per heavy atom. The smallest absolute Gasteiger partial charge is 0.305 e. The third-order valence-electron chi connectivity index (χ3n) is 3.24. The van der Waals surface area contributed by atoms with Gasteiger partial charge in [-0.05, 0) is 32.7 Å². The van der Waals surface area contributed by atoms with Crippen molar-refractivity contribution in [1.29, 1.82) is 0 Å². The summed E-state index contributed by atoms with van der Waals surface area (Å²) in [5.74, 6) is -0.727. The lowest BCUT2D eigenvalue weighted by atomic mass is 9.78. The molecule has 0 spiro atoms. The first kappa shape index (κ1) is 11.5. The maximum absolute atomic E-state index is 10.7. The van der Waals surface area contributed by atoms with Crippen LogP contribution in [0.4, 0.5) is 0 Å². The average molecular weight is 201 g/mol. The van der Waals surface area contributed by atoms with Gasteiger partial charge in [0.25, 0.3) is 0 Å². The summed E-state index contributed by atoms with van der Waals surface area (Å²) >= 11 is 0. The molecule has 4 nitrogen and oxygen atoms in total. The van der Waals surface area contributed by atoms with Gasteiger partial charge in [0.2, 0.25) is 0 Å². The number of nitrogens with one attached hydrogen (secondary N) is 1. The first-order chi connectivity index (χ1) is 6.62. The predicted molar refractivity (Wildman–Crippen MR) is 53.3 cm³/mol. The largest absolute Gasteiger partial charge is 0.481 e. The van der Waals surface area contributed by atoms with Crippen LogP contribution >= 0.6 is 0 Å². The predicted octanol–water partition coefficient (Wildman–Crippen LogP) is 1.01. The third kappa shape index (κ3) is 2.69. The molecule has 0 aliphatic heterocycles. The van der Waals surface area contributed by atoms with Crippen LogP contribution in [-0.2, 0) is 9.53 Å². The summed E-state index contributed by atoms with van der Waals surface area (Å²) in [4.78, 5) is 10.7. The molecular formula is C10H19NO3. The Labute approximate surface area is 84.6 Å². The van der Waals surface area contributed by atoms with Gasteiger partial charge in [0.05, 0.1) is 12.5 Å². The van der Waals surface area contributed by atoms with Gasteiger partial charge < -0.3 is 15.2 Å². The summed E-state index contributed by atoms with van der Waals surface area (Å²) < 4.78 is 5.26. The minimum Gasteiger partial charge on any atom is -0.481 e. The van der Waals surface area contributed by atoms with E-state index in [0.717, 1.165) is 25.7 Å². The zero-order chi connectivity index (χ0) is 10.6. The van der Waals surface area contributed by atoms with Crippen LogP contribution in [0.15, 0.2) is 0 Å². The van der Waals surface area contributed by atoms with Crippen molar-refractivity contribution in [2.75, 3.05) is 14.2 Å². The van der Waals surface area contributed by atoms with Gasteiger partial charge in [-0.1, -0.05) is 0 Å². The Kier molecular flexibility index (Phi) is 3.89. The average Bonchev–Trinajstić information content (AvgIpc) is 2.18. The molecule has 14 heavy (non-hydrogen) atoms. The fraction of sp³-hybridized carbons (Fsp3) is 0.900. The molecule has 0 bridgehead atoms. The minimum atomic E-state index is -0.727. The van der Waals surface area contributed by atoms with Crippen molar-refractivity contribution in [3.8, 4) is 0 Å². The maximum atomic E-state index is 10.7. The molecule has 1 saturated carbocycles. The van der Waals surface area contributed by atoms with Gasteiger partial charge in [-0.2, -0.15) is 0 Å². The highest BCUT2D eigenvalue weighted by atomic mass is 16.5. The summed E-state index contributed by atoms with van der Waals surface area (Å²) in [6, 6.07) is 0. The first-order valence-corrected chi connectivity index (χ1v) is 5.05. The highest BCUT2D eigenvalue weighted by Crippen LogP contribution is 2.31. The van der Waals surface area contributed by atoms with E-state index in [1.807, 2.05) is 7.05 Å². The van der Waals surface area contributed by atoms with Crippen molar-refractivity contribution < 1.29 is 14.6 Å². The molecule has 0 amide bonds. The molecule has 0 aromatic rings. The first-order valence-electron chi connectivity index (χ1n) is 5.05. The van der Waals surface area contributed by atoms with Crippen molar-refractivity contribution in [2.45, 2.75) is 43.7 Å². The van der Waals surface area contributed by atoms with Crippen LogP contribution in [0.25, 0.3) is 0 Å². The second kappa shape index (κ2) is 4.75. The van der Waals surface area contributed by atoms with Crippen molar-refractivity contribution >= 4 is 5.97 Å². The van der Waals surface area contributed by atoms with Crippen LogP contribution in [0.2, 0.25) is 0 Å². The molecule has 1 aliphatic carbocycles. The van der Waals surface area contributed by atoms with Gasteiger partial charge >= 0.3 is 5.97 Å². The molecule has 1 rings (SSSR count). The highest BCUT2D eigenvalue weighted by Gasteiger charge is 2.35. The number of methoxy groups -OCH3 is 1. The quantitative estimate of drug-likeness (QED) is 0.712. The van der Waals surface area contributed by atoms with E-state index in [9.17, 15) is 4.79 Å². The van der Waals surface area contributed by atoms with Gasteiger partial charge in [-0.15, -0.1) is 0 Å². The summed E-state index contributed by atoms with van der Waals surface area (Å²) in [5.41, 5.74) is -0.207. The second-order valence-corrected chi connectivity index (χ2v) is 4.04. The van der Waals surface area contributed by atoms with Crippen molar-refractivity contribution in [1.82, 2.24) is 5.32 Å². The van der Waals surface area contributed by atoms with Gasteiger partial charge in [-0.25, -0.2) is 0 Å². The van der Waals surface area contributed by atoms with Gasteiger partial charge in [-0.3, -0.25) is 4.79 Å². The van der Waals surface area contributed by atoms with Crippen LogP contribution in [0.3, 0.4) is 0 Å². The Morgan fingerprint density at radius 1 is 1.57 bits per heavy atom. The van der Waals surface area contributed by atoms with Crippen molar-refractivity contribution in [3.05, 3.63) is 0 Å². The Hall–Kier alpha value is -0.610. The molecule has 82 valence electrons. The molecule has 0 aromatic heterocycles. The molecule has 1 aliphatic rings. The zero-order valence-corrected chi connectivity index (χ0v) is 8.88. The number of hydrogen-bond acceptors (Lipinski definition) is 3. The summed E-state index contributed by atoms with van der Waals surface area (Å²) in [6.07, 6.45) is 4.18. The Bertz CT molecular complexity index is 198. The number of ether oxygens (including phenoxy) is 1. The third-order valence-corrected chi connectivity index (χ3v) is 3.24. The number of carbonyl (C=O) groups is 1. The van der Waals surface area contributed by atoms with Crippen LogP contribution in [0.1, 0.15) is 32.1 Å². The molecule has 0 saturated heterocycles. The lowest BCUT2D eigenvalue weighted by Crippen LogP contribution is -2.48. The molecule has 4 heteroatoms. The molecule has 0 unspecified atom stereocenters. The fourth-order valence-corrected chi connectivity index (χ4v) is 2.18. The van der Waals surface area contributed by atoms with Crippen LogP contribution < -0.4 is 5.32 Å². The van der Waals surface area contributed by atoms with E-state index in [-0.39, 0.29) is 12.0 Å². The second-order valence-electron chi connectivity index (χ2n) is 4.04. The number of carboxylic acids is 1. The SMILES string of the molecule is CNC1(CC(=O)O)CCC(OC)CC1. The van der Waals surface area contributed by atoms with Crippen molar-refractivity contribution in [3.63, 3.8) is 0 Å². The number of carboxylic acid groups (broad SMARTS) is 1. The lowest BCUT2D eigenvalue weighted by molar-refractivity contribution is -0.139. The molecule has 2 N–H and O–H groups in total. The zero-order valence-electron chi connectivity index (χ0n) is 8.88. The van der Waals surface area contributed by atoms with E-state index in [1.165, 1.54) is 0 Å². The topological polar surface area (TPSA) is 58.6 Å². The van der Waals surface area contributed by atoms with Gasteiger partial charge in [0.1, 0.15) is 0 Å². The summed E-state index contributed by atoms with van der Waals surface area (Å²) in [7, 11) is 3.56. The number of hydrogen-bond donors (Lipinski definition) is 2. The van der Waals surface area contributed by atoms with Gasteiger partial charge in [0.15, 0.2) is 0 Å². The molecule has 0 heterocycles. The van der Waals surface area contributed by atoms with Crippen LogP contribution in [0, 0.1) is 0 Å². The molecule has 0 atom stereocenters. The van der Waals surface area contributed by atoms with Crippen LogP contribution in [0.5, 0.6) is 0 Å². The Balaban J connectivity index is 2.52. The minimum absolute atomic E-state index is 0.207. The molecule has 0 radical (unpaired) electrons. The van der Waals surface area contributed by atoms with E-state index >= 15 is 0 Å². The van der Waals surface area contributed by atoms with Crippen LogP contribution in [-0.4, -0.2) is 36.9 Å². The number of aliphatic carboxylic acids is 1. The molecule has 1 fully saturated rings. The van der Waals surface area contributed by atoms with E-state index in [4.69, 9.17) is 9.84 Å². The normalized spacial score (nSPS) is 32.9. The summed E-state index contributed by atoms with van der Waals surface area (Å²) in [5, 5.41) is 12.0. The summed E-state index contributed by atoms with van der Waals surface area (Å²) in [6.45, 7) is 0. The van der Waals surface area contributed by atoms with E-state index in [1.54, 1.807) is 7.11 Å². The molecular weight excluding hydrogens is 182 g/mol. The fourth-order valence-electron chi connectivity index (χ4n) is 2.18. The lowest BCUT2D eigenvalue weighted by Gasteiger charge is -2.38. The molecule has 0 aromatic carbocycles. The Morgan fingerprint density at radius 2 is 2.14 bits per heavy atom. The van der Waals surface area contributed by atoms with E-state index < -0.39 is 5.97 Å². The monoisotopic (exact) mass is 201 g/mol.